The largest absolute Gasteiger partial charge is 0.434 e. The SMILES string of the molecule is CS(=O)(=O)Nc1ccc(C(=O)/C=C/c2ccccc2OC(F)F)cc1. The molecule has 132 valence electrons. The first-order valence-corrected chi connectivity index (χ1v) is 8.98. The minimum Gasteiger partial charge on any atom is -0.434 e. The van der Waals surface area contributed by atoms with E-state index in [-0.39, 0.29) is 11.5 Å². The van der Waals surface area contributed by atoms with E-state index >= 15 is 0 Å². The molecule has 0 spiro atoms. The van der Waals surface area contributed by atoms with Crippen LogP contribution < -0.4 is 9.46 Å². The normalized spacial score (nSPS) is 11.7. The number of anilines is 1. The lowest BCUT2D eigenvalue weighted by Gasteiger charge is -2.07. The van der Waals surface area contributed by atoms with Crippen molar-refractivity contribution >= 4 is 27.6 Å². The van der Waals surface area contributed by atoms with Crippen LogP contribution in [0.4, 0.5) is 14.5 Å². The number of ether oxygens (including phenoxy) is 1. The van der Waals surface area contributed by atoms with E-state index in [0.29, 0.717) is 16.8 Å². The number of sulfonamides is 1. The minimum atomic E-state index is -3.40. The molecule has 0 unspecified atom stereocenters. The Balaban J connectivity index is 2.13. The van der Waals surface area contributed by atoms with Gasteiger partial charge in [0.15, 0.2) is 5.78 Å². The molecule has 0 amide bonds. The van der Waals surface area contributed by atoms with Gasteiger partial charge in [0.1, 0.15) is 5.75 Å². The molecule has 2 aromatic carbocycles. The first kappa shape index (κ1) is 18.6. The van der Waals surface area contributed by atoms with Crippen LogP contribution in [0.15, 0.2) is 54.6 Å². The van der Waals surface area contributed by atoms with Gasteiger partial charge in [0, 0.05) is 16.8 Å². The van der Waals surface area contributed by atoms with Crippen molar-refractivity contribution in [2.45, 2.75) is 6.61 Å². The van der Waals surface area contributed by atoms with Gasteiger partial charge in [-0.2, -0.15) is 8.78 Å². The predicted octanol–water partition coefficient (Wildman–Crippen LogP) is 3.56. The van der Waals surface area contributed by atoms with E-state index in [1.54, 1.807) is 18.2 Å². The zero-order chi connectivity index (χ0) is 18.4. The second kappa shape index (κ2) is 7.89. The molecule has 0 fully saturated rings. The molecule has 0 bridgehead atoms. The van der Waals surface area contributed by atoms with Gasteiger partial charge >= 0.3 is 6.61 Å². The summed E-state index contributed by atoms with van der Waals surface area (Å²) in [6, 6.07) is 11.9. The van der Waals surface area contributed by atoms with Crippen molar-refractivity contribution < 1.29 is 26.7 Å². The van der Waals surface area contributed by atoms with E-state index in [1.165, 1.54) is 42.5 Å². The number of hydrogen-bond acceptors (Lipinski definition) is 4. The van der Waals surface area contributed by atoms with Crippen molar-refractivity contribution in [3.05, 3.63) is 65.7 Å². The third-order valence-electron chi connectivity index (χ3n) is 3.02. The lowest BCUT2D eigenvalue weighted by atomic mass is 10.1. The maximum Gasteiger partial charge on any atom is 0.387 e. The Labute approximate surface area is 144 Å². The molecule has 0 heterocycles. The smallest absolute Gasteiger partial charge is 0.387 e. The number of alkyl halides is 2. The van der Waals surface area contributed by atoms with Crippen LogP contribution in [0, 0.1) is 0 Å². The highest BCUT2D eigenvalue weighted by molar-refractivity contribution is 7.92. The highest BCUT2D eigenvalue weighted by Gasteiger charge is 2.08. The van der Waals surface area contributed by atoms with Gasteiger partial charge in [0.25, 0.3) is 0 Å². The fourth-order valence-corrected chi connectivity index (χ4v) is 2.56. The maximum atomic E-state index is 12.4. The second-order valence-corrected chi connectivity index (χ2v) is 6.81. The Morgan fingerprint density at radius 2 is 1.76 bits per heavy atom. The van der Waals surface area contributed by atoms with Gasteiger partial charge in [-0.15, -0.1) is 0 Å². The summed E-state index contributed by atoms with van der Waals surface area (Å²) in [6.07, 6.45) is 3.63. The Morgan fingerprint density at radius 3 is 2.36 bits per heavy atom. The van der Waals surface area contributed by atoms with Gasteiger partial charge in [-0.3, -0.25) is 9.52 Å². The van der Waals surface area contributed by atoms with Crippen molar-refractivity contribution in [2.24, 2.45) is 0 Å². The highest BCUT2D eigenvalue weighted by atomic mass is 32.2. The Kier molecular flexibility index (Phi) is 5.87. The molecule has 0 radical (unpaired) electrons. The minimum absolute atomic E-state index is 0.0331. The molecule has 2 aromatic rings. The molecule has 0 aliphatic carbocycles. The number of allylic oxidation sites excluding steroid dienone is 1. The zero-order valence-electron chi connectivity index (χ0n) is 13.1. The number of rotatable bonds is 7. The Morgan fingerprint density at radius 1 is 1.12 bits per heavy atom. The summed E-state index contributed by atoms with van der Waals surface area (Å²) in [5.41, 5.74) is 0.993. The van der Waals surface area contributed by atoms with Crippen LogP contribution in [0.3, 0.4) is 0 Å². The van der Waals surface area contributed by atoms with Crippen molar-refractivity contribution in [3.63, 3.8) is 0 Å². The molecule has 0 aromatic heterocycles. The average molecular weight is 367 g/mol. The van der Waals surface area contributed by atoms with E-state index in [2.05, 4.69) is 9.46 Å². The topological polar surface area (TPSA) is 72.5 Å². The fraction of sp³-hybridized carbons (Fsp3) is 0.118. The maximum absolute atomic E-state index is 12.4. The van der Waals surface area contributed by atoms with Crippen LogP contribution in [-0.4, -0.2) is 27.1 Å². The standard InChI is InChI=1S/C17H15F2NO4S/c1-25(22,23)20-14-9-6-12(7-10-14)15(21)11-8-13-4-2-3-5-16(13)24-17(18)19/h2-11,17,20H,1H3/b11-8+. The van der Waals surface area contributed by atoms with Crippen molar-refractivity contribution in [2.75, 3.05) is 11.0 Å². The summed E-state index contributed by atoms with van der Waals surface area (Å²) < 4.78 is 53.7. The summed E-state index contributed by atoms with van der Waals surface area (Å²) in [7, 11) is -3.40. The van der Waals surface area contributed by atoms with Crippen molar-refractivity contribution in [1.82, 2.24) is 0 Å². The molecule has 25 heavy (non-hydrogen) atoms. The third-order valence-corrected chi connectivity index (χ3v) is 3.63. The second-order valence-electron chi connectivity index (χ2n) is 5.07. The van der Waals surface area contributed by atoms with E-state index in [4.69, 9.17) is 0 Å². The number of benzene rings is 2. The van der Waals surface area contributed by atoms with E-state index < -0.39 is 16.6 Å². The van der Waals surface area contributed by atoms with Gasteiger partial charge in [0.05, 0.1) is 6.26 Å². The molecule has 0 atom stereocenters. The summed E-state index contributed by atoms with van der Waals surface area (Å²) in [4.78, 5) is 12.1. The molecule has 0 aliphatic heterocycles. The molecule has 0 saturated carbocycles. The van der Waals surface area contributed by atoms with Gasteiger partial charge < -0.3 is 4.74 Å². The van der Waals surface area contributed by atoms with Gasteiger partial charge in [-0.1, -0.05) is 18.2 Å². The van der Waals surface area contributed by atoms with Crippen LogP contribution in [0.1, 0.15) is 15.9 Å². The molecule has 0 saturated heterocycles. The number of nitrogens with one attached hydrogen (secondary N) is 1. The van der Waals surface area contributed by atoms with Crippen molar-refractivity contribution in [1.29, 1.82) is 0 Å². The number of ketones is 1. The zero-order valence-corrected chi connectivity index (χ0v) is 14.0. The van der Waals surface area contributed by atoms with Crippen LogP contribution in [0.2, 0.25) is 0 Å². The first-order valence-electron chi connectivity index (χ1n) is 7.09. The average Bonchev–Trinajstić information content (AvgIpc) is 2.52. The Hall–Kier alpha value is -2.74. The van der Waals surface area contributed by atoms with Crippen LogP contribution in [0.25, 0.3) is 6.08 Å². The van der Waals surface area contributed by atoms with E-state index in [1.807, 2.05) is 0 Å². The molecule has 2 rings (SSSR count). The number of carbonyl (C=O) groups excluding carboxylic acids is 1. The van der Waals surface area contributed by atoms with Crippen LogP contribution in [-0.2, 0) is 10.0 Å². The Bertz CT molecular complexity index is 878. The number of hydrogen-bond donors (Lipinski definition) is 1. The predicted molar refractivity (Wildman–Crippen MR) is 91.3 cm³/mol. The first-order chi connectivity index (χ1) is 11.7. The third kappa shape index (κ3) is 6.00. The van der Waals surface area contributed by atoms with E-state index in [9.17, 15) is 22.0 Å². The number of carbonyl (C=O) groups is 1. The van der Waals surface area contributed by atoms with E-state index in [0.717, 1.165) is 6.26 Å². The number of halogens is 2. The van der Waals surface area contributed by atoms with Crippen molar-refractivity contribution in [3.8, 4) is 5.75 Å². The van der Waals surface area contributed by atoms with Crippen LogP contribution >= 0.6 is 0 Å². The summed E-state index contributed by atoms with van der Waals surface area (Å²) in [6.45, 7) is -2.96. The fourth-order valence-electron chi connectivity index (χ4n) is 2.00. The lowest BCUT2D eigenvalue weighted by Crippen LogP contribution is -2.09. The summed E-state index contributed by atoms with van der Waals surface area (Å²) in [5.74, 6) is -0.396. The summed E-state index contributed by atoms with van der Waals surface area (Å²) >= 11 is 0. The molecule has 5 nitrogen and oxygen atoms in total. The van der Waals surface area contributed by atoms with Gasteiger partial charge in [-0.05, 0) is 42.5 Å². The van der Waals surface area contributed by atoms with Gasteiger partial charge in [0.2, 0.25) is 10.0 Å². The monoisotopic (exact) mass is 367 g/mol. The molecule has 8 heteroatoms. The lowest BCUT2D eigenvalue weighted by molar-refractivity contribution is -0.0499. The molecule has 0 aliphatic rings. The van der Waals surface area contributed by atoms with Gasteiger partial charge in [-0.25, -0.2) is 8.42 Å². The summed E-state index contributed by atoms with van der Waals surface area (Å²) in [5, 5.41) is 0. The molecular formula is C17H15F2NO4S. The number of para-hydroxylation sites is 1. The highest BCUT2D eigenvalue weighted by Crippen LogP contribution is 2.22. The molecule has 1 N–H and O–H groups in total. The van der Waals surface area contributed by atoms with Crippen LogP contribution in [0.5, 0.6) is 5.75 Å². The molecular weight excluding hydrogens is 352 g/mol. The quantitative estimate of drug-likeness (QED) is 0.600.